The topological polar surface area (TPSA) is 0 Å². The normalized spacial score (nSPS) is 22.1. The molecule has 25 heavy (non-hydrogen) atoms. The van der Waals surface area contributed by atoms with Gasteiger partial charge in [0.2, 0.25) is 0 Å². The number of rotatable bonds is 6. The molecule has 1 rings (SSSR count). The fraction of sp³-hybridized carbons (Fsp3) is 0.478. The molecule has 1 aliphatic rings. The number of allylic oxidation sites excluding steroid dienone is 11. The van der Waals surface area contributed by atoms with E-state index in [-0.39, 0.29) is 17.8 Å². The maximum Gasteiger partial charge on any atom is 0.129 e. The molecule has 0 bridgehead atoms. The highest BCUT2D eigenvalue weighted by Gasteiger charge is 2.46. The van der Waals surface area contributed by atoms with E-state index in [0.29, 0.717) is 11.1 Å². The lowest BCUT2D eigenvalue weighted by Crippen LogP contribution is -2.40. The van der Waals surface area contributed by atoms with Crippen molar-refractivity contribution in [1.82, 2.24) is 0 Å². The van der Waals surface area contributed by atoms with Gasteiger partial charge in [-0.1, -0.05) is 77.7 Å². The standard InChI is InChI=1S/C23H32F2/c1-8-10-12-13-17(3)21-19(15-18(24)16-20(21)25)23(7,14-11-9-2)22(4,5)6/h8,10-14,16,19H,3,9,15H2,1-2,4-7H3/b10-8-,13-12-,14-11?. The van der Waals surface area contributed by atoms with Gasteiger partial charge in [0.05, 0.1) is 0 Å². The van der Waals surface area contributed by atoms with E-state index in [4.69, 9.17) is 0 Å². The zero-order valence-corrected chi connectivity index (χ0v) is 16.5. The van der Waals surface area contributed by atoms with E-state index in [2.05, 4.69) is 53.3 Å². The minimum Gasteiger partial charge on any atom is -0.212 e. The van der Waals surface area contributed by atoms with Crippen molar-refractivity contribution in [3.05, 3.63) is 71.9 Å². The SMILES string of the molecule is C=C(/C=C\C=C/C)C1=C(F)C=C(F)CC1C(C)(C=CCC)C(C)(C)C. The second kappa shape index (κ2) is 8.60. The Kier molecular flexibility index (Phi) is 7.34. The molecule has 0 amide bonds. The molecule has 0 aliphatic heterocycles. The highest BCUT2D eigenvalue weighted by atomic mass is 19.1. The molecule has 0 aromatic rings. The van der Waals surface area contributed by atoms with Crippen LogP contribution in [0.1, 0.15) is 54.4 Å². The van der Waals surface area contributed by atoms with Crippen LogP contribution in [0.2, 0.25) is 0 Å². The summed E-state index contributed by atoms with van der Waals surface area (Å²) in [6.45, 7) is 16.5. The second-order valence-corrected chi connectivity index (χ2v) is 7.86. The van der Waals surface area contributed by atoms with Gasteiger partial charge in [0, 0.05) is 18.4 Å². The maximum absolute atomic E-state index is 14.8. The lowest BCUT2D eigenvalue weighted by atomic mass is 9.56. The molecule has 0 aromatic heterocycles. The highest BCUT2D eigenvalue weighted by Crippen LogP contribution is 2.54. The lowest BCUT2D eigenvalue weighted by molar-refractivity contribution is 0.102. The largest absolute Gasteiger partial charge is 0.212 e. The van der Waals surface area contributed by atoms with Crippen molar-refractivity contribution in [3.63, 3.8) is 0 Å². The summed E-state index contributed by atoms with van der Waals surface area (Å²) in [6, 6.07) is 0. The molecule has 138 valence electrons. The minimum absolute atomic E-state index is 0.167. The average Bonchev–Trinajstić information content (AvgIpc) is 2.50. The molecular weight excluding hydrogens is 314 g/mol. The van der Waals surface area contributed by atoms with Gasteiger partial charge < -0.3 is 0 Å². The average molecular weight is 347 g/mol. The molecule has 1 aliphatic carbocycles. The van der Waals surface area contributed by atoms with Gasteiger partial charge in [0.25, 0.3) is 0 Å². The Morgan fingerprint density at radius 2 is 1.88 bits per heavy atom. The Labute approximate surface area is 152 Å². The third kappa shape index (κ3) is 4.90. The molecule has 2 heteroatoms. The summed E-state index contributed by atoms with van der Waals surface area (Å²) < 4.78 is 28.9. The van der Waals surface area contributed by atoms with Crippen molar-refractivity contribution in [2.45, 2.75) is 54.4 Å². The first-order valence-electron chi connectivity index (χ1n) is 9.00. The maximum atomic E-state index is 14.8. The molecule has 2 unspecified atom stereocenters. The van der Waals surface area contributed by atoms with E-state index in [1.165, 1.54) is 0 Å². The number of hydrogen-bond donors (Lipinski definition) is 0. The van der Waals surface area contributed by atoms with Crippen LogP contribution in [0.15, 0.2) is 71.9 Å². The van der Waals surface area contributed by atoms with Gasteiger partial charge in [-0.25, -0.2) is 8.78 Å². The van der Waals surface area contributed by atoms with Gasteiger partial charge in [-0.15, -0.1) is 0 Å². The van der Waals surface area contributed by atoms with Crippen molar-refractivity contribution >= 4 is 0 Å². The van der Waals surface area contributed by atoms with E-state index in [9.17, 15) is 8.78 Å². The van der Waals surface area contributed by atoms with Crippen molar-refractivity contribution < 1.29 is 8.78 Å². The summed E-state index contributed by atoms with van der Waals surface area (Å²) in [5.41, 5.74) is 0.545. The molecule has 2 atom stereocenters. The van der Waals surface area contributed by atoms with Crippen LogP contribution in [0.25, 0.3) is 0 Å². The van der Waals surface area contributed by atoms with Gasteiger partial charge >= 0.3 is 0 Å². The van der Waals surface area contributed by atoms with Crippen molar-refractivity contribution in [2.24, 2.45) is 16.7 Å². The smallest absolute Gasteiger partial charge is 0.129 e. The summed E-state index contributed by atoms with van der Waals surface area (Å²) >= 11 is 0. The second-order valence-electron chi connectivity index (χ2n) is 7.86. The quantitative estimate of drug-likeness (QED) is 0.340. The summed E-state index contributed by atoms with van der Waals surface area (Å²) in [6.07, 6.45) is 13.7. The molecule has 0 heterocycles. The third-order valence-electron chi connectivity index (χ3n) is 5.27. The molecule has 0 saturated carbocycles. The molecule has 0 spiro atoms. The Morgan fingerprint density at radius 1 is 1.24 bits per heavy atom. The van der Waals surface area contributed by atoms with E-state index >= 15 is 0 Å². The van der Waals surface area contributed by atoms with E-state index in [0.717, 1.165) is 12.5 Å². The Morgan fingerprint density at radius 3 is 2.40 bits per heavy atom. The third-order valence-corrected chi connectivity index (χ3v) is 5.27. The fourth-order valence-electron chi connectivity index (χ4n) is 3.25. The summed E-state index contributed by atoms with van der Waals surface area (Å²) in [4.78, 5) is 0. The van der Waals surface area contributed by atoms with Crippen molar-refractivity contribution in [2.75, 3.05) is 0 Å². The molecule has 0 N–H and O–H groups in total. The summed E-state index contributed by atoms with van der Waals surface area (Å²) in [7, 11) is 0. The van der Waals surface area contributed by atoms with Crippen LogP contribution >= 0.6 is 0 Å². The molecule has 0 fully saturated rings. The van der Waals surface area contributed by atoms with Crippen LogP contribution in [0.3, 0.4) is 0 Å². The first-order chi connectivity index (χ1) is 11.6. The minimum atomic E-state index is -0.510. The predicted molar refractivity (Wildman–Crippen MR) is 106 cm³/mol. The summed E-state index contributed by atoms with van der Waals surface area (Å²) in [5, 5.41) is 0. The Hall–Kier alpha value is -1.70. The van der Waals surface area contributed by atoms with Crippen LogP contribution in [0, 0.1) is 16.7 Å². The zero-order chi connectivity index (χ0) is 19.3. The van der Waals surface area contributed by atoms with Gasteiger partial charge in [-0.05, 0) is 35.3 Å². The van der Waals surface area contributed by atoms with Gasteiger partial charge in [0.1, 0.15) is 11.7 Å². The number of halogens is 2. The zero-order valence-electron chi connectivity index (χ0n) is 16.5. The van der Waals surface area contributed by atoms with Crippen LogP contribution < -0.4 is 0 Å². The lowest BCUT2D eigenvalue weighted by Gasteiger charge is -2.47. The van der Waals surface area contributed by atoms with E-state index in [1.807, 2.05) is 25.2 Å². The van der Waals surface area contributed by atoms with Crippen molar-refractivity contribution in [3.8, 4) is 0 Å². The van der Waals surface area contributed by atoms with Crippen LogP contribution in [0.4, 0.5) is 8.78 Å². The van der Waals surface area contributed by atoms with E-state index in [1.54, 1.807) is 6.08 Å². The molecule has 0 aromatic carbocycles. The molecule has 0 radical (unpaired) electrons. The van der Waals surface area contributed by atoms with Crippen molar-refractivity contribution in [1.29, 1.82) is 0 Å². The molecular formula is C23H32F2. The first kappa shape index (κ1) is 21.3. The Bertz CT molecular complexity index is 635. The fourth-order valence-corrected chi connectivity index (χ4v) is 3.25. The Balaban J connectivity index is 3.50. The van der Waals surface area contributed by atoms with Gasteiger partial charge in [-0.2, -0.15) is 0 Å². The van der Waals surface area contributed by atoms with E-state index < -0.39 is 17.1 Å². The number of hydrogen-bond acceptors (Lipinski definition) is 0. The van der Waals surface area contributed by atoms with Gasteiger partial charge in [0.15, 0.2) is 0 Å². The van der Waals surface area contributed by atoms with Crippen LogP contribution in [-0.4, -0.2) is 0 Å². The van der Waals surface area contributed by atoms with Crippen LogP contribution in [-0.2, 0) is 0 Å². The van der Waals surface area contributed by atoms with Crippen LogP contribution in [0.5, 0.6) is 0 Å². The predicted octanol–water partition coefficient (Wildman–Crippen LogP) is 7.79. The summed E-state index contributed by atoms with van der Waals surface area (Å²) in [5.74, 6) is -1.22. The molecule has 0 saturated heterocycles. The van der Waals surface area contributed by atoms with Gasteiger partial charge in [-0.3, -0.25) is 0 Å². The highest BCUT2D eigenvalue weighted by molar-refractivity contribution is 5.48. The first-order valence-corrected chi connectivity index (χ1v) is 9.00. The monoisotopic (exact) mass is 346 g/mol. The molecule has 0 nitrogen and oxygen atoms in total.